The molecule has 1 unspecified atom stereocenters. The number of rotatable bonds is 51. The van der Waals surface area contributed by atoms with Gasteiger partial charge in [-0.1, -0.05) is 231 Å². The number of likely N-dealkylation sites (N-methyl/N-ethyl adjacent to an activating group) is 1. The smallest absolute Gasteiger partial charge is 0.462 e. The molecule has 0 fully saturated rings. The van der Waals surface area contributed by atoms with Gasteiger partial charge in [0.25, 0.3) is 0 Å². The number of hydrogen-bond donors (Lipinski definition) is 1. The quantitative estimate of drug-likeness (QED) is 0.0211. The maximum Gasteiger partial charge on any atom is 0.472 e. The van der Waals surface area contributed by atoms with E-state index in [0.29, 0.717) is 17.4 Å². The van der Waals surface area contributed by atoms with Crippen molar-refractivity contribution in [3.05, 3.63) is 12.2 Å². The Morgan fingerprint density at radius 1 is 0.469 bits per heavy atom. The third kappa shape index (κ3) is 50.2. The molecule has 380 valence electrons. The number of nitrogens with zero attached hydrogens (tertiary/aromatic N) is 1. The number of esters is 2. The maximum absolute atomic E-state index is 12.8. The molecule has 9 nitrogen and oxygen atoms in total. The first-order valence-electron chi connectivity index (χ1n) is 27.4. The van der Waals surface area contributed by atoms with Crippen molar-refractivity contribution in [3.63, 3.8) is 0 Å². The number of hydrogen-bond acceptors (Lipinski definition) is 7. The normalized spacial score (nSPS) is 13.4. The Labute approximate surface area is 396 Å². The highest BCUT2D eigenvalue weighted by Gasteiger charge is 2.27. The van der Waals surface area contributed by atoms with E-state index in [1.54, 1.807) is 0 Å². The molecule has 10 heteroatoms. The predicted molar refractivity (Wildman–Crippen MR) is 271 cm³/mol. The van der Waals surface area contributed by atoms with Crippen molar-refractivity contribution in [1.29, 1.82) is 0 Å². The largest absolute Gasteiger partial charge is 0.472 e. The number of carbonyl (C=O) groups excluding carboxylic acids is 2. The molecule has 0 aliphatic heterocycles. The fraction of sp³-hybridized carbons (Fsp3) is 0.926. The first-order valence-corrected chi connectivity index (χ1v) is 28.9. The molecular formula is C54H107NO8P+. The highest BCUT2D eigenvalue weighted by molar-refractivity contribution is 7.47. The zero-order valence-corrected chi connectivity index (χ0v) is 43.9. The average Bonchev–Trinajstić information content (AvgIpc) is 3.25. The van der Waals surface area contributed by atoms with Gasteiger partial charge in [0.1, 0.15) is 19.8 Å². The second-order valence-corrected chi connectivity index (χ2v) is 21.4. The summed E-state index contributed by atoms with van der Waals surface area (Å²) in [7, 11) is 1.49. The summed E-state index contributed by atoms with van der Waals surface area (Å²) in [6.07, 6.45) is 52.6. The van der Waals surface area contributed by atoms with Crippen molar-refractivity contribution in [2.24, 2.45) is 0 Å². The summed E-state index contributed by atoms with van der Waals surface area (Å²) >= 11 is 0. The maximum atomic E-state index is 12.8. The number of unbranched alkanes of at least 4 members (excludes halogenated alkanes) is 35. The van der Waals surface area contributed by atoms with Gasteiger partial charge < -0.3 is 18.9 Å². The zero-order chi connectivity index (χ0) is 47.1. The van der Waals surface area contributed by atoms with Crippen LogP contribution in [0.15, 0.2) is 12.2 Å². The highest BCUT2D eigenvalue weighted by atomic mass is 31.2. The highest BCUT2D eigenvalue weighted by Crippen LogP contribution is 2.43. The van der Waals surface area contributed by atoms with Gasteiger partial charge in [-0.2, -0.15) is 0 Å². The summed E-state index contributed by atoms with van der Waals surface area (Å²) in [5.74, 6) is -0.783. The lowest BCUT2D eigenvalue weighted by Gasteiger charge is -2.24. The van der Waals surface area contributed by atoms with Crippen LogP contribution in [0.5, 0.6) is 0 Å². The van der Waals surface area contributed by atoms with Crippen LogP contribution < -0.4 is 0 Å². The molecule has 0 aliphatic carbocycles. The molecule has 0 saturated heterocycles. The molecule has 0 rings (SSSR count). The number of quaternary nitrogens is 1. The zero-order valence-electron chi connectivity index (χ0n) is 43.0. The van der Waals surface area contributed by atoms with Crippen LogP contribution in [0.1, 0.15) is 271 Å². The van der Waals surface area contributed by atoms with Gasteiger partial charge in [0, 0.05) is 12.8 Å². The Morgan fingerprint density at radius 3 is 1.16 bits per heavy atom. The lowest BCUT2D eigenvalue weighted by atomic mass is 10.0. The van der Waals surface area contributed by atoms with Crippen molar-refractivity contribution in [1.82, 2.24) is 0 Å². The number of phosphoric ester groups is 1. The van der Waals surface area contributed by atoms with Crippen LogP contribution in [0, 0.1) is 0 Å². The van der Waals surface area contributed by atoms with Gasteiger partial charge in [0.05, 0.1) is 27.7 Å². The molecule has 0 aromatic heterocycles. The Hall–Kier alpha value is -1.25. The van der Waals surface area contributed by atoms with Crippen molar-refractivity contribution in [2.75, 3.05) is 47.5 Å². The van der Waals surface area contributed by atoms with Gasteiger partial charge in [0.15, 0.2) is 6.10 Å². The summed E-state index contributed by atoms with van der Waals surface area (Å²) in [4.78, 5) is 35.6. The monoisotopic (exact) mass is 929 g/mol. The van der Waals surface area contributed by atoms with E-state index in [2.05, 4.69) is 26.0 Å². The SMILES string of the molecule is CCCCCCCC/C=C/CCCCCCCCCCCC(=O)OC[C@H](COP(=O)(O)OCC[N+](C)(C)C)OC(=O)CCCCCCCCCCCCCCCCCCCCCCC. The molecule has 0 amide bonds. The van der Waals surface area contributed by atoms with E-state index in [4.69, 9.17) is 18.5 Å². The molecule has 1 N–H and O–H groups in total. The number of phosphoric acid groups is 1. The minimum atomic E-state index is -4.38. The second kappa shape index (κ2) is 46.8. The van der Waals surface area contributed by atoms with E-state index in [0.717, 1.165) is 38.5 Å². The molecule has 0 spiro atoms. The molecule has 0 aliphatic rings. The fourth-order valence-electron chi connectivity index (χ4n) is 8.01. The van der Waals surface area contributed by atoms with Gasteiger partial charge in [-0.3, -0.25) is 18.6 Å². The van der Waals surface area contributed by atoms with Crippen molar-refractivity contribution >= 4 is 19.8 Å². The standard InChI is InChI=1S/C54H106NO8P/c1-6-8-10-12-14-16-18-20-22-24-26-27-29-31-33-35-37-39-41-43-45-47-54(57)63-52(51-62-64(58,59)61-49-48-55(3,4)5)50-60-53(56)46-44-42-40-38-36-34-32-30-28-25-23-21-19-17-15-13-11-9-7-2/h21,23,52H,6-20,22,24-51H2,1-5H3/p+1/b23-21+/t52-/m1/s1. The van der Waals surface area contributed by atoms with Gasteiger partial charge in [-0.15, -0.1) is 0 Å². The van der Waals surface area contributed by atoms with Gasteiger partial charge in [-0.05, 0) is 38.5 Å². The van der Waals surface area contributed by atoms with Crippen LogP contribution in [-0.2, 0) is 32.7 Å². The topological polar surface area (TPSA) is 108 Å². The Bertz CT molecular complexity index is 1100. The van der Waals surface area contributed by atoms with Gasteiger partial charge in [0.2, 0.25) is 0 Å². The number of carbonyl (C=O) groups is 2. The van der Waals surface area contributed by atoms with Crippen LogP contribution >= 0.6 is 7.82 Å². The van der Waals surface area contributed by atoms with E-state index in [1.165, 1.54) is 205 Å². The van der Waals surface area contributed by atoms with Gasteiger partial charge in [-0.25, -0.2) is 4.57 Å². The third-order valence-corrected chi connectivity index (χ3v) is 13.3. The first-order chi connectivity index (χ1) is 31.0. The average molecular weight is 929 g/mol. The van der Waals surface area contributed by atoms with E-state index < -0.39 is 26.5 Å². The van der Waals surface area contributed by atoms with Crippen molar-refractivity contribution in [2.45, 2.75) is 277 Å². The Kier molecular flexibility index (Phi) is 45.9. The van der Waals surface area contributed by atoms with Crippen LogP contribution in [0.25, 0.3) is 0 Å². The molecule has 0 aromatic carbocycles. The molecule has 0 saturated carbocycles. The molecule has 0 aromatic rings. The molecule has 0 heterocycles. The molecule has 64 heavy (non-hydrogen) atoms. The van der Waals surface area contributed by atoms with E-state index in [9.17, 15) is 19.0 Å². The van der Waals surface area contributed by atoms with Crippen LogP contribution in [0.3, 0.4) is 0 Å². The summed E-state index contributed by atoms with van der Waals surface area (Å²) in [5, 5.41) is 0. The predicted octanol–water partition coefficient (Wildman–Crippen LogP) is 16.5. The summed E-state index contributed by atoms with van der Waals surface area (Å²) in [6, 6.07) is 0. The minimum Gasteiger partial charge on any atom is -0.462 e. The third-order valence-electron chi connectivity index (χ3n) is 12.3. The summed E-state index contributed by atoms with van der Waals surface area (Å²) in [5.41, 5.74) is 0. The Morgan fingerprint density at radius 2 is 0.797 bits per heavy atom. The van der Waals surface area contributed by atoms with E-state index in [1.807, 2.05) is 21.1 Å². The fourth-order valence-corrected chi connectivity index (χ4v) is 8.75. The lowest BCUT2D eigenvalue weighted by Crippen LogP contribution is -2.37. The molecular weight excluding hydrogens is 822 g/mol. The number of allylic oxidation sites excluding steroid dienone is 2. The van der Waals surface area contributed by atoms with Crippen LogP contribution in [0.2, 0.25) is 0 Å². The van der Waals surface area contributed by atoms with Crippen LogP contribution in [0.4, 0.5) is 0 Å². The number of ether oxygens (including phenoxy) is 2. The minimum absolute atomic E-state index is 0.0352. The van der Waals surface area contributed by atoms with Crippen LogP contribution in [-0.4, -0.2) is 74.9 Å². The van der Waals surface area contributed by atoms with Crippen molar-refractivity contribution in [3.8, 4) is 0 Å². The summed E-state index contributed by atoms with van der Waals surface area (Å²) < 4.78 is 34.5. The first kappa shape index (κ1) is 62.8. The second-order valence-electron chi connectivity index (χ2n) is 20.0. The van der Waals surface area contributed by atoms with Gasteiger partial charge >= 0.3 is 19.8 Å². The van der Waals surface area contributed by atoms with E-state index >= 15 is 0 Å². The molecule has 0 radical (unpaired) electrons. The van der Waals surface area contributed by atoms with Crippen molar-refractivity contribution < 1.29 is 42.1 Å². The lowest BCUT2D eigenvalue weighted by molar-refractivity contribution is -0.870. The molecule has 2 atom stereocenters. The summed E-state index contributed by atoms with van der Waals surface area (Å²) in [6.45, 7) is 4.48. The Balaban J connectivity index is 4.17. The molecule has 0 bridgehead atoms. The van der Waals surface area contributed by atoms with E-state index in [-0.39, 0.29) is 25.6 Å².